The second-order valence-corrected chi connectivity index (χ2v) is 5.00. The third-order valence-electron chi connectivity index (χ3n) is 3.28. The molecule has 0 aromatic heterocycles. The average Bonchev–Trinajstić information content (AvgIpc) is 2.34. The quantitative estimate of drug-likeness (QED) is 0.912. The number of likely N-dealkylation sites (tertiary alicyclic amines) is 1. The number of piperidine rings is 1. The second-order valence-electron chi connectivity index (χ2n) is 4.60. The predicted octanol–water partition coefficient (Wildman–Crippen LogP) is 2.39. The molecule has 1 aromatic rings. The first kappa shape index (κ1) is 16.2. The molecule has 2 rings (SSSR count). The fraction of sp³-hybridized carbons (Fsp3) is 0.462. The van der Waals surface area contributed by atoms with E-state index in [0.717, 1.165) is 12.8 Å². The molecule has 3 nitrogen and oxygen atoms in total. The van der Waals surface area contributed by atoms with E-state index in [-0.39, 0.29) is 36.3 Å². The lowest BCUT2D eigenvalue weighted by Crippen LogP contribution is -2.43. The summed E-state index contributed by atoms with van der Waals surface area (Å²) in [5.74, 6) is -0.515. The Balaban J connectivity index is 0.00000180. The highest BCUT2D eigenvalue weighted by atomic mass is 35.5. The Labute approximate surface area is 123 Å². The maximum atomic E-state index is 13.6. The van der Waals surface area contributed by atoms with Crippen LogP contribution in [0, 0.1) is 5.82 Å². The monoisotopic (exact) mass is 306 g/mol. The van der Waals surface area contributed by atoms with Gasteiger partial charge in [-0.25, -0.2) is 4.39 Å². The van der Waals surface area contributed by atoms with Crippen molar-refractivity contribution in [1.29, 1.82) is 0 Å². The third-order valence-corrected chi connectivity index (χ3v) is 3.64. The molecule has 1 aromatic carbocycles. The van der Waals surface area contributed by atoms with Crippen LogP contribution in [0.1, 0.15) is 18.4 Å². The molecule has 106 valence electrons. The van der Waals surface area contributed by atoms with Gasteiger partial charge in [0.1, 0.15) is 5.82 Å². The highest BCUT2D eigenvalue weighted by Gasteiger charge is 2.22. The molecule has 6 heteroatoms. The Hall–Kier alpha value is -0.840. The van der Waals surface area contributed by atoms with Crippen molar-refractivity contribution in [3.05, 3.63) is 34.6 Å². The number of benzene rings is 1. The zero-order chi connectivity index (χ0) is 13.1. The predicted molar refractivity (Wildman–Crippen MR) is 76.2 cm³/mol. The van der Waals surface area contributed by atoms with Crippen LogP contribution in [-0.2, 0) is 11.2 Å². The van der Waals surface area contributed by atoms with E-state index >= 15 is 0 Å². The molecule has 0 spiro atoms. The SMILES string of the molecule is Cl.NC1CCN(C(=O)Cc2c(F)cccc2Cl)CC1. The molecule has 19 heavy (non-hydrogen) atoms. The molecule has 2 N–H and O–H groups in total. The maximum absolute atomic E-state index is 13.6. The van der Waals surface area contributed by atoms with Gasteiger partial charge in [0.25, 0.3) is 0 Å². The number of hydrogen-bond donors (Lipinski definition) is 1. The number of carbonyl (C=O) groups excluding carboxylic acids is 1. The van der Waals surface area contributed by atoms with Crippen LogP contribution in [0.3, 0.4) is 0 Å². The molecule has 0 saturated carbocycles. The summed E-state index contributed by atoms with van der Waals surface area (Å²) >= 11 is 5.90. The number of amides is 1. The van der Waals surface area contributed by atoms with Crippen LogP contribution >= 0.6 is 24.0 Å². The van der Waals surface area contributed by atoms with Crippen LogP contribution < -0.4 is 5.73 Å². The lowest BCUT2D eigenvalue weighted by atomic mass is 10.0. The minimum Gasteiger partial charge on any atom is -0.342 e. The number of rotatable bonds is 2. The van der Waals surface area contributed by atoms with Gasteiger partial charge in [-0.15, -0.1) is 12.4 Å². The molecule has 1 saturated heterocycles. The Kier molecular flexibility index (Phi) is 6.04. The second kappa shape index (κ2) is 7.08. The first-order valence-corrected chi connectivity index (χ1v) is 6.42. The maximum Gasteiger partial charge on any atom is 0.227 e. The van der Waals surface area contributed by atoms with Crippen LogP contribution in [0.15, 0.2) is 18.2 Å². The van der Waals surface area contributed by atoms with Gasteiger partial charge in [-0.3, -0.25) is 4.79 Å². The van der Waals surface area contributed by atoms with Crippen LogP contribution in [0.5, 0.6) is 0 Å². The Morgan fingerprint density at radius 1 is 1.42 bits per heavy atom. The van der Waals surface area contributed by atoms with Crippen molar-refractivity contribution in [2.75, 3.05) is 13.1 Å². The van der Waals surface area contributed by atoms with Crippen LogP contribution in [0.2, 0.25) is 5.02 Å². The van der Waals surface area contributed by atoms with Gasteiger partial charge in [0.2, 0.25) is 5.91 Å². The first-order valence-electron chi connectivity index (χ1n) is 6.04. The Morgan fingerprint density at radius 2 is 2.05 bits per heavy atom. The highest BCUT2D eigenvalue weighted by molar-refractivity contribution is 6.31. The topological polar surface area (TPSA) is 46.3 Å². The van der Waals surface area contributed by atoms with Crippen LogP contribution in [0.25, 0.3) is 0 Å². The summed E-state index contributed by atoms with van der Waals surface area (Å²) in [5, 5.41) is 0.303. The van der Waals surface area contributed by atoms with Gasteiger partial charge < -0.3 is 10.6 Å². The van der Waals surface area contributed by atoms with Crippen molar-refractivity contribution < 1.29 is 9.18 Å². The summed E-state index contributed by atoms with van der Waals surface area (Å²) in [6, 6.07) is 4.62. The summed E-state index contributed by atoms with van der Waals surface area (Å²) in [6.07, 6.45) is 1.62. The van der Waals surface area contributed by atoms with Gasteiger partial charge in [-0.2, -0.15) is 0 Å². The minimum absolute atomic E-state index is 0. The molecule has 1 heterocycles. The van der Waals surface area contributed by atoms with Gasteiger partial charge in [-0.1, -0.05) is 17.7 Å². The average molecular weight is 307 g/mol. The van der Waals surface area contributed by atoms with Gasteiger partial charge in [-0.05, 0) is 25.0 Å². The number of hydrogen-bond acceptors (Lipinski definition) is 2. The van der Waals surface area contributed by atoms with Crippen molar-refractivity contribution in [2.24, 2.45) is 5.73 Å². The van der Waals surface area contributed by atoms with E-state index in [1.807, 2.05) is 0 Å². The molecule has 1 amide bonds. The molecule has 0 atom stereocenters. The molecular formula is C13H17Cl2FN2O. The number of nitrogens with two attached hydrogens (primary N) is 1. The number of nitrogens with zero attached hydrogens (tertiary/aromatic N) is 1. The summed E-state index contributed by atoms with van der Waals surface area (Å²) in [6.45, 7) is 1.29. The van der Waals surface area contributed by atoms with Gasteiger partial charge in [0.05, 0.1) is 6.42 Å². The van der Waals surface area contributed by atoms with E-state index < -0.39 is 5.82 Å². The number of halogens is 3. The van der Waals surface area contributed by atoms with Crippen molar-refractivity contribution in [2.45, 2.75) is 25.3 Å². The van der Waals surface area contributed by atoms with Crippen LogP contribution in [0.4, 0.5) is 4.39 Å². The lowest BCUT2D eigenvalue weighted by Gasteiger charge is -2.30. The summed E-state index contributed by atoms with van der Waals surface area (Å²) in [5.41, 5.74) is 6.06. The lowest BCUT2D eigenvalue weighted by molar-refractivity contribution is -0.131. The number of carbonyl (C=O) groups is 1. The van der Waals surface area contributed by atoms with E-state index in [2.05, 4.69) is 0 Å². The van der Waals surface area contributed by atoms with E-state index in [0.29, 0.717) is 18.1 Å². The summed E-state index contributed by atoms with van der Waals surface area (Å²) in [4.78, 5) is 13.8. The standard InChI is InChI=1S/C13H16ClFN2O.ClH/c14-11-2-1-3-12(15)10(11)8-13(18)17-6-4-9(16)5-7-17;/h1-3,9H,4-8,16H2;1H. The minimum atomic E-state index is -0.426. The summed E-state index contributed by atoms with van der Waals surface area (Å²) in [7, 11) is 0. The van der Waals surface area contributed by atoms with Crippen molar-refractivity contribution in [1.82, 2.24) is 4.90 Å². The first-order chi connectivity index (χ1) is 8.58. The molecule has 1 aliphatic rings. The Morgan fingerprint density at radius 3 is 2.63 bits per heavy atom. The van der Waals surface area contributed by atoms with Crippen molar-refractivity contribution >= 4 is 29.9 Å². The molecule has 1 fully saturated rings. The fourth-order valence-corrected chi connectivity index (χ4v) is 2.34. The smallest absolute Gasteiger partial charge is 0.227 e. The zero-order valence-electron chi connectivity index (χ0n) is 10.4. The van der Waals surface area contributed by atoms with E-state index in [9.17, 15) is 9.18 Å². The van der Waals surface area contributed by atoms with E-state index in [4.69, 9.17) is 17.3 Å². The van der Waals surface area contributed by atoms with Crippen LogP contribution in [-0.4, -0.2) is 29.9 Å². The normalized spacial score (nSPS) is 16.1. The molecule has 0 radical (unpaired) electrons. The summed E-state index contributed by atoms with van der Waals surface area (Å²) < 4.78 is 13.6. The van der Waals surface area contributed by atoms with Crippen molar-refractivity contribution in [3.8, 4) is 0 Å². The largest absolute Gasteiger partial charge is 0.342 e. The van der Waals surface area contributed by atoms with Gasteiger partial charge >= 0.3 is 0 Å². The van der Waals surface area contributed by atoms with E-state index in [1.54, 1.807) is 11.0 Å². The molecule has 0 unspecified atom stereocenters. The molecule has 0 aliphatic carbocycles. The highest BCUT2D eigenvalue weighted by Crippen LogP contribution is 2.20. The van der Waals surface area contributed by atoms with Gasteiger partial charge in [0.15, 0.2) is 0 Å². The molecular weight excluding hydrogens is 290 g/mol. The fourth-order valence-electron chi connectivity index (χ4n) is 2.11. The Bertz CT molecular complexity index is 428. The molecule has 0 bridgehead atoms. The molecule has 1 aliphatic heterocycles. The zero-order valence-corrected chi connectivity index (χ0v) is 12.0. The third kappa shape index (κ3) is 4.06. The van der Waals surface area contributed by atoms with E-state index in [1.165, 1.54) is 12.1 Å². The van der Waals surface area contributed by atoms with Gasteiger partial charge in [0, 0.05) is 29.7 Å². The van der Waals surface area contributed by atoms with Crippen molar-refractivity contribution in [3.63, 3.8) is 0 Å².